The Morgan fingerprint density at radius 2 is 2.18 bits per heavy atom. The first-order valence-electron chi connectivity index (χ1n) is 8.23. The minimum Gasteiger partial charge on any atom is -0.444 e. The molecule has 0 radical (unpaired) electrons. The molecule has 22 heavy (non-hydrogen) atoms. The molecule has 1 amide bonds. The van der Waals surface area contributed by atoms with Gasteiger partial charge < -0.3 is 15.8 Å². The van der Waals surface area contributed by atoms with Gasteiger partial charge in [0.15, 0.2) is 0 Å². The molecule has 1 aliphatic rings. The zero-order valence-corrected chi connectivity index (χ0v) is 14.4. The summed E-state index contributed by atoms with van der Waals surface area (Å²) < 4.78 is 5.23. The van der Waals surface area contributed by atoms with Crippen LogP contribution in [0, 0.1) is 0 Å². The summed E-state index contributed by atoms with van der Waals surface area (Å²) in [5.41, 5.74) is 5.39. The van der Waals surface area contributed by atoms with Crippen molar-refractivity contribution >= 4 is 11.9 Å². The maximum absolute atomic E-state index is 11.6. The molecule has 0 saturated heterocycles. The Kier molecular flexibility index (Phi) is 7.42. The van der Waals surface area contributed by atoms with Crippen LogP contribution in [-0.4, -0.2) is 29.6 Å². The van der Waals surface area contributed by atoms with E-state index in [1.165, 1.54) is 6.42 Å². The Balaban J connectivity index is 2.27. The number of hydrogen-bond acceptors (Lipinski definition) is 4. The van der Waals surface area contributed by atoms with Crippen LogP contribution in [0.3, 0.4) is 0 Å². The van der Waals surface area contributed by atoms with Crippen molar-refractivity contribution in [2.75, 3.05) is 0 Å². The van der Waals surface area contributed by atoms with E-state index in [2.05, 4.69) is 22.5 Å². The molecule has 2 unspecified atom stereocenters. The lowest BCUT2D eigenvalue weighted by Gasteiger charge is -2.21. The monoisotopic (exact) mass is 309 g/mol. The second kappa shape index (κ2) is 8.81. The molecule has 126 valence electrons. The van der Waals surface area contributed by atoms with Crippen LogP contribution in [0.1, 0.15) is 66.2 Å². The van der Waals surface area contributed by atoms with E-state index in [-0.39, 0.29) is 12.1 Å². The lowest BCUT2D eigenvalue weighted by Crippen LogP contribution is -2.37. The molecular formula is C17H31N3O2. The second-order valence-electron chi connectivity index (χ2n) is 7.01. The molecule has 1 heterocycles. The number of alkyl carbamates (subject to hydrolysis) is 1. The number of nitrogens with one attached hydrogen (secondary N) is 1. The normalized spacial score (nSPS) is 21.1. The molecule has 0 aromatic carbocycles. The van der Waals surface area contributed by atoms with E-state index in [1.807, 2.05) is 27.7 Å². The van der Waals surface area contributed by atoms with Gasteiger partial charge in [-0.2, -0.15) is 0 Å². The first kappa shape index (κ1) is 18.5. The molecule has 0 aliphatic carbocycles. The maximum Gasteiger partial charge on any atom is 0.407 e. The van der Waals surface area contributed by atoms with Gasteiger partial charge in [-0.25, -0.2) is 4.79 Å². The predicted molar refractivity (Wildman–Crippen MR) is 91.1 cm³/mol. The summed E-state index contributed by atoms with van der Waals surface area (Å²) >= 11 is 0. The summed E-state index contributed by atoms with van der Waals surface area (Å²) in [6.45, 7) is 7.54. The van der Waals surface area contributed by atoms with Crippen molar-refractivity contribution in [1.82, 2.24) is 5.32 Å². The molecule has 0 bridgehead atoms. The number of amides is 1. The quantitative estimate of drug-likeness (QED) is 0.763. The van der Waals surface area contributed by atoms with Crippen LogP contribution in [0.25, 0.3) is 0 Å². The summed E-state index contributed by atoms with van der Waals surface area (Å²) in [6, 6.07) is 0.363. The largest absolute Gasteiger partial charge is 0.444 e. The van der Waals surface area contributed by atoms with E-state index >= 15 is 0 Å². The van der Waals surface area contributed by atoms with Crippen molar-refractivity contribution in [3.63, 3.8) is 0 Å². The number of rotatable bonds is 5. The van der Waals surface area contributed by atoms with Gasteiger partial charge >= 0.3 is 6.09 Å². The van der Waals surface area contributed by atoms with E-state index in [0.717, 1.165) is 37.9 Å². The summed E-state index contributed by atoms with van der Waals surface area (Å²) in [5.74, 6) is 0.788. The fraction of sp³-hybridized carbons (Fsp3) is 0.765. The maximum atomic E-state index is 11.6. The molecule has 1 rings (SSSR count). The van der Waals surface area contributed by atoms with Gasteiger partial charge in [-0.05, 0) is 53.4 Å². The summed E-state index contributed by atoms with van der Waals surface area (Å²) in [6.07, 6.45) is 9.94. The van der Waals surface area contributed by atoms with Crippen LogP contribution in [-0.2, 0) is 4.74 Å². The summed E-state index contributed by atoms with van der Waals surface area (Å²) in [7, 11) is 0. The SMILES string of the molecule is CC(CC=CCC1CCCCC(N)=N1)NC(=O)OC(C)(C)C. The molecular weight excluding hydrogens is 278 g/mol. The topological polar surface area (TPSA) is 76.7 Å². The highest BCUT2D eigenvalue weighted by Crippen LogP contribution is 2.15. The van der Waals surface area contributed by atoms with Crippen LogP contribution in [0.4, 0.5) is 4.79 Å². The van der Waals surface area contributed by atoms with Crippen LogP contribution < -0.4 is 11.1 Å². The molecule has 2 atom stereocenters. The molecule has 0 aromatic heterocycles. The van der Waals surface area contributed by atoms with Crippen molar-refractivity contribution in [2.24, 2.45) is 10.7 Å². The number of ether oxygens (including phenoxy) is 1. The predicted octanol–water partition coefficient (Wildman–Crippen LogP) is 3.54. The van der Waals surface area contributed by atoms with Gasteiger partial charge in [0.05, 0.1) is 11.9 Å². The number of amidine groups is 1. The van der Waals surface area contributed by atoms with Gasteiger partial charge in [-0.1, -0.05) is 18.6 Å². The van der Waals surface area contributed by atoms with Gasteiger partial charge in [0, 0.05) is 12.5 Å². The lowest BCUT2D eigenvalue weighted by atomic mass is 10.1. The molecule has 0 saturated carbocycles. The van der Waals surface area contributed by atoms with E-state index in [9.17, 15) is 4.79 Å². The highest BCUT2D eigenvalue weighted by Gasteiger charge is 2.17. The third-order valence-electron chi connectivity index (χ3n) is 3.40. The van der Waals surface area contributed by atoms with Gasteiger partial charge in [-0.3, -0.25) is 4.99 Å². The van der Waals surface area contributed by atoms with Crippen LogP contribution in [0.2, 0.25) is 0 Å². The van der Waals surface area contributed by atoms with Crippen molar-refractivity contribution in [3.05, 3.63) is 12.2 Å². The minimum atomic E-state index is -0.461. The minimum absolute atomic E-state index is 0.0498. The lowest BCUT2D eigenvalue weighted by molar-refractivity contribution is 0.0509. The average Bonchev–Trinajstić information content (AvgIpc) is 2.56. The molecule has 0 aromatic rings. The highest BCUT2D eigenvalue weighted by atomic mass is 16.6. The van der Waals surface area contributed by atoms with Gasteiger partial charge in [0.1, 0.15) is 5.60 Å². The molecule has 3 N–H and O–H groups in total. The highest BCUT2D eigenvalue weighted by molar-refractivity contribution is 5.80. The standard InChI is InChI=1S/C17H31N3O2/c1-13(19-16(21)22-17(2,3)4)9-5-6-10-14-11-7-8-12-15(18)20-14/h5-6,13-14H,7-12H2,1-4H3,(H2,18,20)(H,19,21). The first-order chi connectivity index (χ1) is 10.3. The van der Waals surface area contributed by atoms with Gasteiger partial charge in [0.2, 0.25) is 0 Å². The number of hydrogen-bond donors (Lipinski definition) is 2. The van der Waals surface area contributed by atoms with E-state index in [1.54, 1.807) is 0 Å². The molecule has 0 fully saturated rings. The number of nitrogens with zero attached hydrogens (tertiary/aromatic N) is 1. The second-order valence-corrected chi connectivity index (χ2v) is 7.01. The van der Waals surface area contributed by atoms with Crippen LogP contribution in [0.5, 0.6) is 0 Å². The van der Waals surface area contributed by atoms with Gasteiger partial charge in [0.25, 0.3) is 0 Å². The first-order valence-corrected chi connectivity index (χ1v) is 8.23. The Morgan fingerprint density at radius 1 is 1.45 bits per heavy atom. The molecule has 5 heteroatoms. The fourth-order valence-corrected chi connectivity index (χ4v) is 2.34. The summed E-state index contributed by atoms with van der Waals surface area (Å²) in [5, 5.41) is 2.83. The van der Waals surface area contributed by atoms with Crippen molar-refractivity contribution in [3.8, 4) is 0 Å². The van der Waals surface area contributed by atoms with Gasteiger partial charge in [-0.15, -0.1) is 0 Å². The summed E-state index contributed by atoms with van der Waals surface area (Å²) in [4.78, 5) is 16.2. The van der Waals surface area contributed by atoms with E-state index < -0.39 is 5.60 Å². The zero-order valence-electron chi connectivity index (χ0n) is 14.4. The molecule has 0 spiro atoms. The fourth-order valence-electron chi connectivity index (χ4n) is 2.34. The zero-order chi connectivity index (χ0) is 16.6. The Labute approximate surface area is 134 Å². The van der Waals surface area contributed by atoms with Crippen molar-refractivity contribution in [2.45, 2.75) is 83.9 Å². The molecule has 1 aliphatic heterocycles. The Morgan fingerprint density at radius 3 is 2.86 bits per heavy atom. The number of aliphatic imine (C=N–C) groups is 1. The van der Waals surface area contributed by atoms with E-state index in [0.29, 0.717) is 6.04 Å². The third kappa shape index (κ3) is 8.70. The Bertz CT molecular complexity index is 411. The van der Waals surface area contributed by atoms with E-state index in [4.69, 9.17) is 10.5 Å². The Hall–Kier alpha value is -1.52. The van der Waals surface area contributed by atoms with Crippen molar-refractivity contribution in [1.29, 1.82) is 0 Å². The number of nitrogens with two attached hydrogens (primary N) is 1. The molecule has 5 nitrogen and oxygen atoms in total. The number of carbonyl (C=O) groups excluding carboxylic acids is 1. The third-order valence-corrected chi connectivity index (χ3v) is 3.40. The smallest absolute Gasteiger partial charge is 0.407 e. The van der Waals surface area contributed by atoms with Crippen LogP contribution in [0.15, 0.2) is 17.1 Å². The average molecular weight is 309 g/mol. The number of carbonyl (C=O) groups is 1. The van der Waals surface area contributed by atoms with Crippen LogP contribution >= 0.6 is 0 Å². The van der Waals surface area contributed by atoms with Crippen molar-refractivity contribution < 1.29 is 9.53 Å².